The second-order valence-corrected chi connectivity index (χ2v) is 8.57. The van der Waals surface area contributed by atoms with Crippen LogP contribution in [0.1, 0.15) is 6.92 Å². The van der Waals surface area contributed by atoms with Gasteiger partial charge in [0.2, 0.25) is 5.72 Å². The van der Waals surface area contributed by atoms with E-state index in [2.05, 4.69) is 0 Å². The van der Waals surface area contributed by atoms with Crippen molar-refractivity contribution in [2.24, 2.45) is 0 Å². The number of ether oxygens (including phenoxy) is 2. The highest BCUT2D eigenvalue weighted by Crippen LogP contribution is 2.57. The summed E-state index contributed by atoms with van der Waals surface area (Å²) in [6.45, 7) is -0.790. The van der Waals surface area contributed by atoms with Crippen molar-refractivity contribution in [2.75, 3.05) is 13.2 Å². The predicted octanol–water partition coefficient (Wildman–Crippen LogP) is -4.71. The van der Waals surface area contributed by atoms with Gasteiger partial charge in [-0.3, -0.25) is 18.9 Å². The molecule has 0 aliphatic carbocycles. The van der Waals surface area contributed by atoms with Gasteiger partial charge in [-0.2, -0.15) is 0 Å². The second-order valence-electron chi connectivity index (χ2n) is 7.41. The third-order valence-electron chi connectivity index (χ3n) is 5.56. The molecule has 2 aliphatic rings. The standard InChI is InChI=1S/C15H23N2O13P/c1-14(30-31(25,26)27)11(23)7(5-19)29-15(14,17-3-2-8(20)16-13(17)24)12-10(22)9(21)6(4-18)28-12/h2-3,6-7,9-12,18-19,21-23H,4-5H2,1H3,(H,16,20,24)(H2,25,26,27)/t6-,7-,9+,10-,11-,12?,14-,15-/m1/s1. The average Bonchev–Trinajstić information content (AvgIpc) is 3.07. The first kappa shape index (κ1) is 24.2. The molecule has 8 N–H and O–H groups in total. The Hall–Kier alpha value is -1.49. The lowest BCUT2D eigenvalue weighted by Crippen LogP contribution is -2.67. The molecule has 2 saturated heterocycles. The minimum Gasteiger partial charge on any atom is -0.394 e. The van der Waals surface area contributed by atoms with Crippen molar-refractivity contribution in [2.45, 2.75) is 54.9 Å². The van der Waals surface area contributed by atoms with E-state index >= 15 is 0 Å². The van der Waals surface area contributed by atoms with Crippen LogP contribution in [0.2, 0.25) is 0 Å². The van der Waals surface area contributed by atoms with E-state index < -0.39 is 80.2 Å². The van der Waals surface area contributed by atoms with Crippen LogP contribution < -0.4 is 11.2 Å². The summed E-state index contributed by atoms with van der Waals surface area (Å²) in [5.74, 6) is 0. The fraction of sp³-hybridized carbons (Fsp3) is 0.733. The fourth-order valence-corrected chi connectivity index (χ4v) is 4.90. The summed E-state index contributed by atoms with van der Waals surface area (Å²) in [7, 11) is -5.44. The molecule has 3 rings (SSSR count). The maximum absolute atomic E-state index is 12.7. The average molecular weight is 470 g/mol. The summed E-state index contributed by atoms with van der Waals surface area (Å²) in [5.41, 5.74) is -7.31. The second kappa shape index (κ2) is 8.13. The van der Waals surface area contributed by atoms with E-state index in [1.807, 2.05) is 4.98 Å². The minimum atomic E-state index is -5.44. The van der Waals surface area contributed by atoms with E-state index in [0.717, 1.165) is 19.2 Å². The number of aromatic amines is 1. The highest BCUT2D eigenvalue weighted by Gasteiger charge is 2.74. The number of aliphatic hydroxyl groups is 5. The van der Waals surface area contributed by atoms with Crippen molar-refractivity contribution in [1.29, 1.82) is 0 Å². The monoisotopic (exact) mass is 470 g/mol. The van der Waals surface area contributed by atoms with Gasteiger partial charge in [-0.1, -0.05) is 0 Å². The molecule has 2 fully saturated rings. The van der Waals surface area contributed by atoms with Gasteiger partial charge in [0.15, 0.2) is 5.60 Å². The van der Waals surface area contributed by atoms with Crippen LogP contribution in [0.25, 0.3) is 0 Å². The number of nitrogens with one attached hydrogen (secondary N) is 1. The molecule has 15 nitrogen and oxygen atoms in total. The summed E-state index contributed by atoms with van der Waals surface area (Å²) in [6, 6.07) is 0.838. The Morgan fingerprint density at radius 3 is 2.26 bits per heavy atom. The molecule has 0 bridgehead atoms. The Bertz CT molecular complexity index is 976. The maximum Gasteiger partial charge on any atom is 0.470 e. The van der Waals surface area contributed by atoms with Crippen molar-refractivity contribution in [1.82, 2.24) is 9.55 Å². The molecule has 3 heterocycles. The van der Waals surface area contributed by atoms with Crippen LogP contribution >= 0.6 is 7.82 Å². The van der Waals surface area contributed by atoms with Gasteiger partial charge in [-0.15, -0.1) is 0 Å². The number of phosphoric ester groups is 1. The van der Waals surface area contributed by atoms with Crippen LogP contribution in [0.3, 0.4) is 0 Å². The Kier molecular flexibility index (Phi) is 6.34. The number of phosphoric acid groups is 1. The van der Waals surface area contributed by atoms with Crippen molar-refractivity contribution < 1.29 is 53.9 Å². The largest absolute Gasteiger partial charge is 0.470 e. The highest BCUT2D eigenvalue weighted by atomic mass is 31.2. The van der Waals surface area contributed by atoms with Gasteiger partial charge in [0.25, 0.3) is 5.56 Å². The van der Waals surface area contributed by atoms with Gasteiger partial charge in [0, 0.05) is 12.3 Å². The van der Waals surface area contributed by atoms with Crippen molar-refractivity contribution >= 4 is 7.82 Å². The van der Waals surface area contributed by atoms with E-state index in [-0.39, 0.29) is 0 Å². The lowest BCUT2D eigenvalue weighted by atomic mass is 9.81. The van der Waals surface area contributed by atoms with E-state index in [0.29, 0.717) is 4.57 Å². The third kappa shape index (κ3) is 3.71. The van der Waals surface area contributed by atoms with Gasteiger partial charge >= 0.3 is 13.5 Å². The Balaban J connectivity index is 2.35. The number of nitrogens with zero attached hydrogens (tertiary/aromatic N) is 1. The first-order chi connectivity index (χ1) is 14.3. The molecule has 0 saturated carbocycles. The summed E-state index contributed by atoms with van der Waals surface area (Å²) in [4.78, 5) is 45.1. The maximum atomic E-state index is 12.7. The van der Waals surface area contributed by atoms with Gasteiger partial charge in [0.1, 0.15) is 36.6 Å². The molecule has 1 aromatic rings. The van der Waals surface area contributed by atoms with Gasteiger partial charge in [-0.25, -0.2) is 9.36 Å². The summed E-state index contributed by atoms with van der Waals surface area (Å²) in [6.07, 6.45) is -9.75. The number of aliphatic hydroxyl groups excluding tert-OH is 5. The molecule has 2 aliphatic heterocycles. The third-order valence-corrected chi connectivity index (χ3v) is 6.17. The molecular formula is C15H23N2O13P. The normalized spacial score (nSPS) is 41.0. The molecule has 0 spiro atoms. The molecular weight excluding hydrogens is 447 g/mol. The fourth-order valence-electron chi connectivity index (χ4n) is 4.17. The summed E-state index contributed by atoms with van der Waals surface area (Å²) >= 11 is 0. The van der Waals surface area contributed by atoms with Crippen molar-refractivity contribution in [3.05, 3.63) is 33.1 Å². The SMILES string of the molecule is C[C@@]1(OP(=O)(O)O)[C@H](O)[C@@H](CO)O[C@@]1(C1O[C@H](CO)[C@H](O)[C@H]1O)n1ccc(=O)[nH]c1=O. The Labute approximate surface area is 173 Å². The molecule has 1 aromatic heterocycles. The molecule has 176 valence electrons. The van der Waals surface area contributed by atoms with Gasteiger partial charge in [0.05, 0.1) is 13.2 Å². The number of hydrogen-bond acceptors (Lipinski definition) is 11. The predicted molar refractivity (Wildman–Crippen MR) is 96.6 cm³/mol. The topological polar surface area (TPSA) is 241 Å². The minimum absolute atomic E-state index is 0.559. The van der Waals surface area contributed by atoms with E-state index in [1.165, 1.54) is 0 Å². The van der Waals surface area contributed by atoms with Crippen LogP contribution in [0.15, 0.2) is 21.9 Å². The van der Waals surface area contributed by atoms with Crippen LogP contribution in [-0.4, -0.2) is 100 Å². The molecule has 0 amide bonds. The number of rotatable bonds is 6. The molecule has 8 atom stereocenters. The van der Waals surface area contributed by atoms with E-state index in [1.54, 1.807) is 0 Å². The van der Waals surface area contributed by atoms with Crippen LogP contribution in [0.5, 0.6) is 0 Å². The van der Waals surface area contributed by atoms with Gasteiger partial charge in [-0.05, 0) is 6.92 Å². The first-order valence-corrected chi connectivity index (χ1v) is 10.5. The van der Waals surface area contributed by atoms with Gasteiger partial charge < -0.3 is 44.8 Å². The zero-order valence-electron chi connectivity index (χ0n) is 16.0. The molecule has 0 aromatic carbocycles. The zero-order chi connectivity index (χ0) is 23.4. The van der Waals surface area contributed by atoms with Crippen LogP contribution in [0, 0.1) is 0 Å². The highest BCUT2D eigenvalue weighted by molar-refractivity contribution is 7.46. The molecule has 16 heteroatoms. The van der Waals surface area contributed by atoms with Crippen LogP contribution in [-0.2, 0) is 24.3 Å². The molecule has 31 heavy (non-hydrogen) atoms. The van der Waals surface area contributed by atoms with Crippen LogP contribution in [0.4, 0.5) is 0 Å². The number of aromatic nitrogens is 2. The van der Waals surface area contributed by atoms with Crippen molar-refractivity contribution in [3.63, 3.8) is 0 Å². The van der Waals surface area contributed by atoms with E-state index in [4.69, 9.17) is 14.0 Å². The van der Waals surface area contributed by atoms with Crippen molar-refractivity contribution in [3.8, 4) is 0 Å². The number of H-pyrrole nitrogens is 1. The quantitative estimate of drug-likeness (QED) is 0.182. The Morgan fingerprint density at radius 1 is 1.16 bits per heavy atom. The molecule has 1 unspecified atom stereocenters. The summed E-state index contributed by atoms with van der Waals surface area (Å²) < 4.78 is 28.3. The summed E-state index contributed by atoms with van der Waals surface area (Å²) in [5, 5.41) is 50.7. The smallest absolute Gasteiger partial charge is 0.394 e. The first-order valence-electron chi connectivity index (χ1n) is 9.00. The number of hydrogen-bond donors (Lipinski definition) is 8. The Morgan fingerprint density at radius 2 is 1.77 bits per heavy atom. The van der Waals surface area contributed by atoms with E-state index in [9.17, 15) is 49.5 Å². The lowest BCUT2D eigenvalue weighted by Gasteiger charge is -2.46. The lowest BCUT2D eigenvalue weighted by molar-refractivity contribution is -0.258. The zero-order valence-corrected chi connectivity index (χ0v) is 16.9. The molecule has 0 radical (unpaired) electrons.